The topological polar surface area (TPSA) is 78.9 Å². The summed E-state index contributed by atoms with van der Waals surface area (Å²) in [6.07, 6.45) is 49.3. The summed E-state index contributed by atoms with van der Waals surface area (Å²) in [6, 6.07) is 0. The Morgan fingerprint density at radius 1 is 0.339 bits per heavy atom. The molecule has 0 aliphatic carbocycles. The summed E-state index contributed by atoms with van der Waals surface area (Å²) in [5.74, 6) is -0.873. The second-order valence-corrected chi connectivity index (χ2v) is 16.7. The third-order valence-corrected chi connectivity index (χ3v) is 11.0. The highest BCUT2D eigenvalue weighted by atomic mass is 16.6. The van der Waals surface area contributed by atoms with Gasteiger partial charge in [-0.15, -0.1) is 0 Å². The number of carbonyl (C=O) groups excluding carboxylic acids is 3. The van der Waals surface area contributed by atoms with E-state index in [1.807, 2.05) is 0 Å². The molecule has 0 spiro atoms. The molecule has 0 aromatic rings. The van der Waals surface area contributed by atoms with Gasteiger partial charge >= 0.3 is 17.9 Å². The lowest BCUT2D eigenvalue weighted by Crippen LogP contribution is -2.30. The summed E-state index contributed by atoms with van der Waals surface area (Å²) < 4.78 is 16.7. The highest BCUT2D eigenvalue weighted by Gasteiger charge is 2.19. The monoisotopic (exact) mass is 791 g/mol. The van der Waals surface area contributed by atoms with Crippen molar-refractivity contribution in [2.24, 2.45) is 0 Å². The number of rotatable bonds is 45. The molecule has 1 unspecified atom stereocenters. The number of hydrogen-bond donors (Lipinski definition) is 0. The second kappa shape index (κ2) is 45.8. The lowest BCUT2D eigenvalue weighted by atomic mass is 10.0. The molecular formula is C50H94O6. The van der Waals surface area contributed by atoms with Crippen molar-refractivity contribution in [3.05, 3.63) is 12.2 Å². The Hall–Kier alpha value is -1.85. The van der Waals surface area contributed by atoms with E-state index in [2.05, 4.69) is 32.9 Å². The molecule has 0 rings (SSSR count). The smallest absolute Gasteiger partial charge is 0.306 e. The van der Waals surface area contributed by atoms with Crippen molar-refractivity contribution in [1.29, 1.82) is 0 Å². The Balaban J connectivity index is 4.18. The van der Waals surface area contributed by atoms with Gasteiger partial charge in [0, 0.05) is 19.3 Å². The van der Waals surface area contributed by atoms with E-state index in [1.165, 1.54) is 167 Å². The summed E-state index contributed by atoms with van der Waals surface area (Å²) in [5.41, 5.74) is 0. The maximum atomic E-state index is 12.7. The molecule has 1 atom stereocenters. The van der Waals surface area contributed by atoms with Gasteiger partial charge in [-0.05, 0) is 44.9 Å². The van der Waals surface area contributed by atoms with E-state index in [9.17, 15) is 14.4 Å². The fourth-order valence-electron chi connectivity index (χ4n) is 7.26. The van der Waals surface area contributed by atoms with Crippen molar-refractivity contribution >= 4 is 17.9 Å². The van der Waals surface area contributed by atoms with Crippen LogP contribution in [0.15, 0.2) is 12.2 Å². The second-order valence-electron chi connectivity index (χ2n) is 16.7. The van der Waals surface area contributed by atoms with Gasteiger partial charge in [0.2, 0.25) is 0 Å². The van der Waals surface area contributed by atoms with Gasteiger partial charge in [-0.25, -0.2) is 0 Å². The van der Waals surface area contributed by atoms with Gasteiger partial charge in [-0.2, -0.15) is 0 Å². The molecule has 56 heavy (non-hydrogen) atoms. The maximum Gasteiger partial charge on any atom is 0.306 e. The Bertz CT molecular complexity index is 870. The van der Waals surface area contributed by atoms with Crippen LogP contribution >= 0.6 is 0 Å². The van der Waals surface area contributed by atoms with Crippen LogP contribution in [0.25, 0.3) is 0 Å². The summed E-state index contributed by atoms with van der Waals surface area (Å²) in [6.45, 7) is 6.59. The molecule has 0 heterocycles. The first kappa shape index (κ1) is 54.2. The molecule has 0 bridgehead atoms. The van der Waals surface area contributed by atoms with Gasteiger partial charge < -0.3 is 14.2 Å². The average molecular weight is 791 g/mol. The highest BCUT2D eigenvalue weighted by Crippen LogP contribution is 2.16. The zero-order valence-corrected chi connectivity index (χ0v) is 37.7. The van der Waals surface area contributed by atoms with Crippen LogP contribution in [-0.2, 0) is 28.6 Å². The summed E-state index contributed by atoms with van der Waals surface area (Å²) in [4.78, 5) is 37.7. The number of ether oxygens (including phenoxy) is 3. The van der Waals surface area contributed by atoms with Crippen molar-refractivity contribution in [2.75, 3.05) is 13.2 Å². The Kier molecular flexibility index (Phi) is 44.3. The molecule has 0 aromatic carbocycles. The summed E-state index contributed by atoms with van der Waals surface area (Å²) in [5, 5.41) is 0. The molecular weight excluding hydrogens is 697 g/mol. The predicted octanol–water partition coefficient (Wildman–Crippen LogP) is 15.8. The Morgan fingerprint density at radius 3 is 0.929 bits per heavy atom. The predicted molar refractivity (Wildman–Crippen MR) is 238 cm³/mol. The summed E-state index contributed by atoms with van der Waals surface area (Å²) in [7, 11) is 0. The molecule has 330 valence electrons. The van der Waals surface area contributed by atoms with E-state index in [0.29, 0.717) is 19.3 Å². The average Bonchev–Trinajstić information content (AvgIpc) is 3.19. The van der Waals surface area contributed by atoms with Crippen LogP contribution in [-0.4, -0.2) is 37.2 Å². The van der Waals surface area contributed by atoms with Gasteiger partial charge in [-0.3, -0.25) is 14.4 Å². The quantitative estimate of drug-likeness (QED) is 0.0264. The van der Waals surface area contributed by atoms with Crippen molar-refractivity contribution in [2.45, 2.75) is 277 Å². The largest absolute Gasteiger partial charge is 0.462 e. The van der Waals surface area contributed by atoms with Crippen LogP contribution in [0.4, 0.5) is 0 Å². The van der Waals surface area contributed by atoms with Crippen molar-refractivity contribution < 1.29 is 28.6 Å². The summed E-state index contributed by atoms with van der Waals surface area (Å²) >= 11 is 0. The molecule has 0 fully saturated rings. The van der Waals surface area contributed by atoms with Crippen molar-refractivity contribution in [1.82, 2.24) is 0 Å². The van der Waals surface area contributed by atoms with Crippen LogP contribution in [0.5, 0.6) is 0 Å². The van der Waals surface area contributed by atoms with Crippen LogP contribution in [0.1, 0.15) is 271 Å². The van der Waals surface area contributed by atoms with Gasteiger partial charge in [0.05, 0.1) is 0 Å². The van der Waals surface area contributed by atoms with E-state index < -0.39 is 6.10 Å². The first-order valence-electron chi connectivity index (χ1n) is 24.7. The van der Waals surface area contributed by atoms with E-state index >= 15 is 0 Å². The van der Waals surface area contributed by atoms with Crippen LogP contribution in [0, 0.1) is 0 Å². The van der Waals surface area contributed by atoms with Crippen LogP contribution in [0.2, 0.25) is 0 Å². The first-order chi connectivity index (χ1) is 27.5. The van der Waals surface area contributed by atoms with Gasteiger partial charge in [0.1, 0.15) is 13.2 Å². The third-order valence-electron chi connectivity index (χ3n) is 11.0. The van der Waals surface area contributed by atoms with Gasteiger partial charge in [0.15, 0.2) is 6.10 Å². The van der Waals surface area contributed by atoms with E-state index in [1.54, 1.807) is 0 Å². The van der Waals surface area contributed by atoms with E-state index in [4.69, 9.17) is 14.2 Å². The molecule has 0 aromatic heterocycles. The fraction of sp³-hybridized carbons (Fsp3) is 0.900. The molecule has 0 amide bonds. The molecule has 0 N–H and O–H groups in total. The number of carbonyl (C=O) groups is 3. The number of hydrogen-bond acceptors (Lipinski definition) is 6. The van der Waals surface area contributed by atoms with Gasteiger partial charge in [-0.1, -0.05) is 219 Å². The van der Waals surface area contributed by atoms with Gasteiger partial charge in [0.25, 0.3) is 0 Å². The molecule has 0 aliphatic heterocycles. The van der Waals surface area contributed by atoms with E-state index in [-0.39, 0.29) is 31.1 Å². The molecule has 6 nitrogen and oxygen atoms in total. The minimum Gasteiger partial charge on any atom is -0.462 e. The molecule has 0 aliphatic rings. The Labute approximate surface area is 348 Å². The van der Waals surface area contributed by atoms with Crippen molar-refractivity contribution in [3.63, 3.8) is 0 Å². The lowest BCUT2D eigenvalue weighted by Gasteiger charge is -2.18. The zero-order valence-electron chi connectivity index (χ0n) is 37.7. The number of unbranched alkanes of at least 4 members (excludes halogenated alkanes) is 32. The number of allylic oxidation sites excluding steroid dienone is 2. The molecule has 6 heteroatoms. The lowest BCUT2D eigenvalue weighted by molar-refractivity contribution is -0.167. The van der Waals surface area contributed by atoms with E-state index in [0.717, 1.165) is 64.2 Å². The Morgan fingerprint density at radius 2 is 0.589 bits per heavy atom. The minimum absolute atomic E-state index is 0.0691. The highest BCUT2D eigenvalue weighted by molar-refractivity contribution is 5.71. The maximum absolute atomic E-state index is 12.7. The minimum atomic E-state index is -0.765. The molecule has 0 saturated heterocycles. The normalized spacial score (nSPS) is 12.0. The molecule has 0 radical (unpaired) electrons. The first-order valence-corrected chi connectivity index (χ1v) is 24.7. The number of esters is 3. The molecule has 0 saturated carbocycles. The fourth-order valence-corrected chi connectivity index (χ4v) is 7.26. The zero-order chi connectivity index (χ0) is 40.8. The SMILES string of the molecule is CCCCC/C=C\CCCCCCCC(=O)OC(COC(=O)CCCCCCCCC)COC(=O)CCCCCCCCCCCCCCCCCCCCC. The third kappa shape index (κ3) is 43.3. The van der Waals surface area contributed by atoms with Crippen LogP contribution in [0.3, 0.4) is 0 Å². The van der Waals surface area contributed by atoms with Crippen LogP contribution < -0.4 is 0 Å². The van der Waals surface area contributed by atoms with Crippen molar-refractivity contribution in [3.8, 4) is 0 Å². The standard InChI is InChI=1S/C50H94O6/c1-4-7-10-13-16-18-20-22-23-24-25-26-27-28-30-31-34-37-40-43-49(52)55-46-47(45-54-48(51)42-39-36-33-15-12-9-6-3)56-50(53)44-41-38-35-32-29-21-19-17-14-11-8-5-2/h17,19,47H,4-16,18,20-46H2,1-3H3/b19-17-.